The van der Waals surface area contributed by atoms with Gasteiger partial charge in [0.05, 0.1) is 11.5 Å². The Morgan fingerprint density at radius 3 is 2.15 bits per heavy atom. The van der Waals surface area contributed by atoms with Crippen LogP contribution in [-0.4, -0.2) is 21.8 Å². The standard InChI is InChI=1S/C10H18O3/c1-9(2,13)5-6-7(8(11)12)10(6,3)4/h6-7,13H,5H2,1-4H3,(H,11,12). The van der Waals surface area contributed by atoms with E-state index < -0.39 is 11.6 Å². The van der Waals surface area contributed by atoms with Gasteiger partial charge in [0.25, 0.3) is 0 Å². The lowest BCUT2D eigenvalue weighted by Crippen LogP contribution is -2.20. The molecule has 13 heavy (non-hydrogen) atoms. The number of hydrogen-bond acceptors (Lipinski definition) is 2. The summed E-state index contributed by atoms with van der Waals surface area (Å²) in [6, 6.07) is 0. The van der Waals surface area contributed by atoms with Crippen molar-refractivity contribution in [1.29, 1.82) is 0 Å². The monoisotopic (exact) mass is 186 g/mol. The SMILES string of the molecule is CC(C)(O)CC1C(C(=O)O)C1(C)C. The van der Waals surface area contributed by atoms with Gasteiger partial charge >= 0.3 is 5.97 Å². The molecule has 0 radical (unpaired) electrons. The van der Waals surface area contributed by atoms with Crippen molar-refractivity contribution < 1.29 is 15.0 Å². The summed E-state index contributed by atoms with van der Waals surface area (Å²) < 4.78 is 0. The molecule has 0 heterocycles. The van der Waals surface area contributed by atoms with Crippen molar-refractivity contribution in [3.8, 4) is 0 Å². The van der Waals surface area contributed by atoms with Crippen LogP contribution < -0.4 is 0 Å². The molecule has 1 fully saturated rings. The van der Waals surface area contributed by atoms with Crippen LogP contribution in [0.25, 0.3) is 0 Å². The molecule has 0 aliphatic heterocycles. The minimum Gasteiger partial charge on any atom is -0.481 e. The van der Waals surface area contributed by atoms with Gasteiger partial charge in [0.2, 0.25) is 0 Å². The smallest absolute Gasteiger partial charge is 0.307 e. The topological polar surface area (TPSA) is 57.5 Å². The van der Waals surface area contributed by atoms with Crippen molar-refractivity contribution in [2.45, 2.75) is 39.7 Å². The van der Waals surface area contributed by atoms with Crippen LogP contribution in [0, 0.1) is 17.3 Å². The molecule has 3 nitrogen and oxygen atoms in total. The molecular formula is C10H18O3. The first-order valence-electron chi connectivity index (χ1n) is 4.61. The number of hydrogen-bond donors (Lipinski definition) is 2. The first-order valence-corrected chi connectivity index (χ1v) is 4.61. The fourth-order valence-electron chi connectivity index (χ4n) is 2.15. The molecule has 1 saturated carbocycles. The molecule has 0 bridgehead atoms. The van der Waals surface area contributed by atoms with E-state index in [1.54, 1.807) is 13.8 Å². The molecule has 2 N–H and O–H groups in total. The minimum absolute atomic E-state index is 0.116. The lowest BCUT2D eigenvalue weighted by molar-refractivity contribution is -0.139. The second-order valence-corrected chi connectivity index (χ2v) is 5.26. The van der Waals surface area contributed by atoms with Crippen LogP contribution in [0.2, 0.25) is 0 Å². The van der Waals surface area contributed by atoms with Crippen LogP contribution in [-0.2, 0) is 4.79 Å². The van der Waals surface area contributed by atoms with Gasteiger partial charge in [-0.1, -0.05) is 13.8 Å². The normalized spacial score (nSPS) is 31.5. The van der Waals surface area contributed by atoms with Gasteiger partial charge in [0.1, 0.15) is 0 Å². The maximum Gasteiger partial charge on any atom is 0.307 e. The summed E-state index contributed by atoms with van der Waals surface area (Å²) in [5.41, 5.74) is -0.905. The summed E-state index contributed by atoms with van der Waals surface area (Å²) >= 11 is 0. The average Bonchev–Trinajstić information content (AvgIpc) is 2.28. The van der Waals surface area contributed by atoms with E-state index >= 15 is 0 Å². The highest BCUT2D eigenvalue weighted by atomic mass is 16.4. The van der Waals surface area contributed by atoms with Crippen molar-refractivity contribution in [3.05, 3.63) is 0 Å². The van der Waals surface area contributed by atoms with E-state index in [4.69, 9.17) is 5.11 Å². The third-order valence-electron chi connectivity index (χ3n) is 3.04. The van der Waals surface area contributed by atoms with Crippen molar-refractivity contribution in [1.82, 2.24) is 0 Å². The van der Waals surface area contributed by atoms with E-state index in [9.17, 15) is 9.90 Å². The van der Waals surface area contributed by atoms with Crippen molar-refractivity contribution >= 4 is 5.97 Å². The van der Waals surface area contributed by atoms with Crippen molar-refractivity contribution in [2.75, 3.05) is 0 Å². The quantitative estimate of drug-likeness (QED) is 0.702. The second-order valence-electron chi connectivity index (χ2n) is 5.26. The van der Waals surface area contributed by atoms with Gasteiger partial charge in [-0.3, -0.25) is 4.79 Å². The Hall–Kier alpha value is -0.570. The summed E-state index contributed by atoms with van der Waals surface area (Å²) in [6.45, 7) is 7.34. The van der Waals surface area contributed by atoms with Gasteiger partial charge in [-0.05, 0) is 31.6 Å². The highest BCUT2D eigenvalue weighted by molar-refractivity contribution is 5.75. The summed E-state index contributed by atoms with van der Waals surface area (Å²) in [4.78, 5) is 10.8. The number of carbonyl (C=O) groups is 1. The lowest BCUT2D eigenvalue weighted by Gasteiger charge is -2.17. The number of aliphatic hydroxyl groups is 1. The van der Waals surface area contributed by atoms with Crippen LogP contribution in [0.15, 0.2) is 0 Å². The molecule has 1 rings (SSSR count). The number of rotatable bonds is 3. The Morgan fingerprint density at radius 1 is 1.46 bits per heavy atom. The average molecular weight is 186 g/mol. The van der Waals surface area contributed by atoms with E-state index in [0.29, 0.717) is 6.42 Å². The van der Waals surface area contributed by atoms with Crippen LogP contribution in [0.5, 0.6) is 0 Å². The molecule has 3 heteroatoms. The lowest BCUT2D eigenvalue weighted by atomic mass is 9.97. The molecule has 76 valence electrons. The zero-order valence-electron chi connectivity index (χ0n) is 8.66. The van der Waals surface area contributed by atoms with Gasteiger partial charge in [0, 0.05) is 0 Å². The fraction of sp³-hybridized carbons (Fsp3) is 0.900. The summed E-state index contributed by atoms with van der Waals surface area (Å²) in [5, 5.41) is 18.4. The Balaban J connectivity index is 2.61. The second kappa shape index (κ2) is 2.71. The molecule has 0 spiro atoms. The molecule has 2 atom stereocenters. The molecule has 1 aliphatic rings. The maximum absolute atomic E-state index is 10.8. The molecular weight excluding hydrogens is 168 g/mol. The molecule has 1 aliphatic carbocycles. The number of carboxylic acids is 1. The Bertz CT molecular complexity index is 225. The van der Waals surface area contributed by atoms with Gasteiger partial charge in [0.15, 0.2) is 0 Å². The van der Waals surface area contributed by atoms with Crippen LogP contribution in [0.1, 0.15) is 34.1 Å². The Labute approximate surface area is 78.8 Å². The third kappa shape index (κ3) is 2.02. The van der Waals surface area contributed by atoms with E-state index in [-0.39, 0.29) is 17.3 Å². The van der Waals surface area contributed by atoms with E-state index in [2.05, 4.69) is 0 Å². The van der Waals surface area contributed by atoms with Crippen molar-refractivity contribution in [2.24, 2.45) is 17.3 Å². The van der Waals surface area contributed by atoms with Gasteiger partial charge in [-0.25, -0.2) is 0 Å². The largest absolute Gasteiger partial charge is 0.481 e. The summed E-state index contributed by atoms with van der Waals surface area (Å²) in [7, 11) is 0. The highest BCUT2D eigenvalue weighted by Gasteiger charge is 2.62. The third-order valence-corrected chi connectivity index (χ3v) is 3.04. The van der Waals surface area contributed by atoms with Crippen LogP contribution in [0.3, 0.4) is 0 Å². The van der Waals surface area contributed by atoms with Crippen molar-refractivity contribution in [3.63, 3.8) is 0 Å². The first kappa shape index (κ1) is 10.5. The van der Waals surface area contributed by atoms with Gasteiger partial charge in [-0.2, -0.15) is 0 Å². The minimum atomic E-state index is -0.758. The predicted octanol–water partition coefficient (Wildman–Crippen LogP) is 1.50. The van der Waals surface area contributed by atoms with Gasteiger partial charge < -0.3 is 10.2 Å². The molecule has 2 unspecified atom stereocenters. The van der Waals surface area contributed by atoms with E-state index in [1.807, 2.05) is 13.8 Å². The summed E-state index contributed by atoms with van der Waals surface area (Å²) in [5.74, 6) is -0.900. The van der Waals surface area contributed by atoms with E-state index in [1.165, 1.54) is 0 Å². The predicted molar refractivity (Wildman–Crippen MR) is 49.3 cm³/mol. The Morgan fingerprint density at radius 2 is 1.92 bits per heavy atom. The van der Waals surface area contributed by atoms with Crippen LogP contribution in [0.4, 0.5) is 0 Å². The Kier molecular flexibility index (Phi) is 2.19. The molecule has 0 aromatic rings. The zero-order chi connectivity index (χ0) is 10.4. The van der Waals surface area contributed by atoms with E-state index in [0.717, 1.165) is 0 Å². The number of carboxylic acid groups (broad SMARTS) is 1. The number of aliphatic carboxylic acids is 1. The molecule has 0 aromatic heterocycles. The zero-order valence-corrected chi connectivity index (χ0v) is 8.66. The molecule has 0 aromatic carbocycles. The highest BCUT2D eigenvalue weighted by Crippen LogP contribution is 2.61. The van der Waals surface area contributed by atoms with Gasteiger partial charge in [-0.15, -0.1) is 0 Å². The fourth-order valence-corrected chi connectivity index (χ4v) is 2.15. The maximum atomic E-state index is 10.8. The van der Waals surface area contributed by atoms with Crippen LogP contribution >= 0.6 is 0 Å². The summed E-state index contributed by atoms with van der Waals surface area (Å²) in [6.07, 6.45) is 0.566. The molecule has 0 saturated heterocycles. The first-order chi connectivity index (χ1) is 5.66. The molecule has 0 amide bonds.